The lowest BCUT2D eigenvalue weighted by molar-refractivity contribution is 0.137. The number of likely N-dealkylation sites (N-methyl/N-ethyl adjacent to an activating group) is 1. The molecule has 0 radical (unpaired) electrons. The van der Waals surface area contributed by atoms with Crippen molar-refractivity contribution in [1.29, 1.82) is 0 Å². The van der Waals surface area contributed by atoms with Gasteiger partial charge in [-0.3, -0.25) is 4.90 Å². The fourth-order valence-corrected chi connectivity index (χ4v) is 4.87. The lowest BCUT2D eigenvalue weighted by Crippen LogP contribution is -2.44. The molecule has 0 aromatic heterocycles. The topological polar surface area (TPSA) is 3.24 Å². The van der Waals surface area contributed by atoms with Gasteiger partial charge in [0.2, 0.25) is 0 Å². The third-order valence-electron chi connectivity index (χ3n) is 6.24. The summed E-state index contributed by atoms with van der Waals surface area (Å²) >= 11 is 0. The summed E-state index contributed by atoms with van der Waals surface area (Å²) in [4.78, 5) is 2.66. The van der Waals surface area contributed by atoms with Gasteiger partial charge in [-0.1, -0.05) is 59.7 Å². The average molecular weight is 305 g/mol. The molecule has 1 nitrogen and oxygen atoms in total. The lowest BCUT2D eigenvalue weighted by atomic mass is 9.72. The van der Waals surface area contributed by atoms with Crippen LogP contribution in [0, 0.1) is 13.8 Å². The third-order valence-corrected chi connectivity index (χ3v) is 6.24. The highest BCUT2D eigenvalue weighted by Crippen LogP contribution is 2.50. The Balaban J connectivity index is 1.76. The Kier molecular flexibility index (Phi) is 3.77. The van der Waals surface area contributed by atoms with Crippen molar-refractivity contribution < 1.29 is 0 Å². The molecule has 0 amide bonds. The van der Waals surface area contributed by atoms with Gasteiger partial charge in [0.25, 0.3) is 0 Å². The summed E-state index contributed by atoms with van der Waals surface area (Å²) in [6.45, 7) is 4.36. The number of aryl methyl sites for hydroxylation is 2. The molecular formula is C22H27N. The van der Waals surface area contributed by atoms with Crippen LogP contribution in [0.25, 0.3) is 0 Å². The second kappa shape index (κ2) is 5.79. The molecule has 1 heteroatoms. The van der Waals surface area contributed by atoms with Gasteiger partial charge in [0.15, 0.2) is 0 Å². The largest absolute Gasteiger partial charge is 0.300 e. The molecule has 2 heterocycles. The molecule has 0 aliphatic carbocycles. The molecule has 2 aromatic rings. The van der Waals surface area contributed by atoms with Crippen LogP contribution in [0.5, 0.6) is 0 Å². The van der Waals surface area contributed by atoms with E-state index in [9.17, 15) is 0 Å². The van der Waals surface area contributed by atoms with Crippen LogP contribution in [0.1, 0.15) is 53.4 Å². The van der Waals surface area contributed by atoms with Crippen LogP contribution < -0.4 is 0 Å². The highest BCUT2D eigenvalue weighted by atomic mass is 15.2. The summed E-state index contributed by atoms with van der Waals surface area (Å²) in [6.07, 6.45) is 4.02. The van der Waals surface area contributed by atoms with Gasteiger partial charge in [-0.15, -0.1) is 0 Å². The van der Waals surface area contributed by atoms with E-state index in [0.29, 0.717) is 17.9 Å². The van der Waals surface area contributed by atoms with Gasteiger partial charge in [0.1, 0.15) is 0 Å². The Morgan fingerprint density at radius 1 is 0.783 bits per heavy atom. The fraction of sp³-hybridized carbons (Fsp3) is 0.455. The molecule has 2 aliphatic rings. The Labute approximate surface area is 140 Å². The van der Waals surface area contributed by atoms with Gasteiger partial charge >= 0.3 is 0 Å². The maximum atomic E-state index is 2.66. The molecule has 2 bridgehead atoms. The summed E-state index contributed by atoms with van der Waals surface area (Å²) in [5.41, 5.74) is 5.77. The maximum Gasteiger partial charge on any atom is 0.0170 e. The molecule has 4 rings (SSSR count). The van der Waals surface area contributed by atoms with Crippen LogP contribution >= 0.6 is 0 Å². The number of hydrogen-bond acceptors (Lipinski definition) is 1. The molecule has 4 atom stereocenters. The summed E-state index contributed by atoms with van der Waals surface area (Å²) in [6, 6.07) is 20.1. The first-order valence-corrected chi connectivity index (χ1v) is 8.98. The van der Waals surface area contributed by atoms with E-state index in [2.05, 4.69) is 74.3 Å². The monoisotopic (exact) mass is 305 g/mol. The van der Waals surface area contributed by atoms with E-state index >= 15 is 0 Å². The van der Waals surface area contributed by atoms with E-state index in [4.69, 9.17) is 0 Å². The first-order chi connectivity index (χ1) is 11.1. The van der Waals surface area contributed by atoms with Crippen LogP contribution in [-0.4, -0.2) is 24.0 Å². The zero-order valence-corrected chi connectivity index (χ0v) is 14.5. The summed E-state index contributed by atoms with van der Waals surface area (Å²) in [5, 5.41) is 0. The van der Waals surface area contributed by atoms with E-state index in [1.807, 2.05) is 0 Å². The predicted octanol–water partition coefficient (Wildman–Crippen LogP) is 5.04. The molecule has 2 saturated heterocycles. The fourth-order valence-electron chi connectivity index (χ4n) is 4.87. The number of hydrogen-bond donors (Lipinski definition) is 0. The Morgan fingerprint density at radius 3 is 1.96 bits per heavy atom. The van der Waals surface area contributed by atoms with Crippen molar-refractivity contribution in [3.63, 3.8) is 0 Å². The van der Waals surface area contributed by atoms with E-state index in [1.165, 1.54) is 41.5 Å². The SMILES string of the molecule is Cc1ccc([C@H]2[C@H]3CC[C@@H](C[C@H]2c2ccc(C)cc2)N3C)cc1. The van der Waals surface area contributed by atoms with Gasteiger partial charge in [-0.25, -0.2) is 0 Å². The van der Waals surface area contributed by atoms with Crippen molar-refractivity contribution in [2.24, 2.45) is 0 Å². The van der Waals surface area contributed by atoms with Crippen LogP contribution in [-0.2, 0) is 0 Å². The van der Waals surface area contributed by atoms with Crippen LogP contribution in [0.3, 0.4) is 0 Å². The lowest BCUT2D eigenvalue weighted by Gasteiger charge is -2.43. The Morgan fingerprint density at radius 2 is 1.35 bits per heavy atom. The number of nitrogens with zero attached hydrogens (tertiary/aromatic N) is 1. The standard InChI is InChI=1S/C22H27N/c1-15-4-8-17(9-5-15)20-14-19-12-13-21(23(19)3)22(20)18-10-6-16(2)7-11-18/h4-11,19-22H,12-14H2,1-3H3/t19-,20-,21+,22+/m0/s1. The quantitative estimate of drug-likeness (QED) is 0.751. The highest BCUT2D eigenvalue weighted by molar-refractivity contribution is 5.35. The van der Waals surface area contributed by atoms with Crippen LogP contribution in [0.4, 0.5) is 0 Å². The van der Waals surface area contributed by atoms with Crippen molar-refractivity contribution in [2.45, 2.75) is 57.0 Å². The summed E-state index contributed by atoms with van der Waals surface area (Å²) in [5.74, 6) is 1.29. The van der Waals surface area contributed by atoms with Crippen molar-refractivity contribution in [2.75, 3.05) is 7.05 Å². The predicted molar refractivity (Wildman–Crippen MR) is 97.0 cm³/mol. The molecule has 23 heavy (non-hydrogen) atoms. The highest BCUT2D eigenvalue weighted by Gasteiger charge is 2.46. The molecule has 2 aliphatic heterocycles. The van der Waals surface area contributed by atoms with E-state index < -0.39 is 0 Å². The first-order valence-electron chi connectivity index (χ1n) is 8.98. The smallest absolute Gasteiger partial charge is 0.0170 e. The van der Waals surface area contributed by atoms with Gasteiger partial charge in [-0.05, 0) is 57.2 Å². The minimum absolute atomic E-state index is 0.627. The molecule has 2 aromatic carbocycles. The van der Waals surface area contributed by atoms with Gasteiger partial charge in [0.05, 0.1) is 0 Å². The minimum Gasteiger partial charge on any atom is -0.300 e. The van der Waals surface area contributed by atoms with E-state index in [0.717, 1.165) is 6.04 Å². The maximum absolute atomic E-state index is 2.66. The first kappa shape index (κ1) is 15.0. The molecule has 0 unspecified atom stereocenters. The zero-order valence-electron chi connectivity index (χ0n) is 14.5. The second-order valence-corrected chi connectivity index (χ2v) is 7.65. The van der Waals surface area contributed by atoms with Crippen molar-refractivity contribution in [3.05, 3.63) is 70.8 Å². The molecular weight excluding hydrogens is 278 g/mol. The number of fused-ring (bicyclic) bond motifs is 2. The van der Waals surface area contributed by atoms with Crippen molar-refractivity contribution >= 4 is 0 Å². The van der Waals surface area contributed by atoms with E-state index in [-0.39, 0.29) is 0 Å². The molecule has 0 spiro atoms. The molecule has 2 fully saturated rings. The Bertz CT molecular complexity index is 670. The van der Waals surface area contributed by atoms with Gasteiger partial charge in [0, 0.05) is 18.0 Å². The number of piperidine rings is 1. The number of benzene rings is 2. The van der Waals surface area contributed by atoms with Gasteiger partial charge < -0.3 is 0 Å². The zero-order chi connectivity index (χ0) is 16.0. The molecule has 120 valence electrons. The number of rotatable bonds is 2. The third kappa shape index (κ3) is 2.61. The molecule has 0 saturated carbocycles. The van der Waals surface area contributed by atoms with Gasteiger partial charge in [-0.2, -0.15) is 0 Å². The second-order valence-electron chi connectivity index (χ2n) is 7.65. The summed E-state index contributed by atoms with van der Waals surface area (Å²) < 4.78 is 0. The van der Waals surface area contributed by atoms with Crippen molar-refractivity contribution in [1.82, 2.24) is 4.90 Å². The average Bonchev–Trinajstić information content (AvgIpc) is 2.80. The van der Waals surface area contributed by atoms with E-state index in [1.54, 1.807) is 0 Å². The minimum atomic E-state index is 0.627. The normalized spacial score (nSPS) is 30.6. The van der Waals surface area contributed by atoms with Crippen LogP contribution in [0.2, 0.25) is 0 Å². The Hall–Kier alpha value is -1.60. The van der Waals surface area contributed by atoms with Crippen LogP contribution in [0.15, 0.2) is 48.5 Å². The molecule has 0 N–H and O–H groups in total. The summed E-state index contributed by atoms with van der Waals surface area (Å²) in [7, 11) is 2.34. The van der Waals surface area contributed by atoms with Crippen molar-refractivity contribution in [3.8, 4) is 0 Å².